The Bertz CT molecular complexity index is 710. The number of alkyl carbamates (subject to hydrolysis) is 1. The highest BCUT2D eigenvalue weighted by Gasteiger charge is 2.18. The van der Waals surface area contributed by atoms with Gasteiger partial charge in [0.25, 0.3) is 0 Å². The zero-order valence-electron chi connectivity index (χ0n) is 19.8. The van der Waals surface area contributed by atoms with Crippen LogP contribution in [0.1, 0.15) is 65.4 Å². The molecule has 1 aliphatic heterocycles. The van der Waals surface area contributed by atoms with Crippen LogP contribution in [0.2, 0.25) is 0 Å². The van der Waals surface area contributed by atoms with E-state index in [4.69, 9.17) is 4.74 Å². The summed E-state index contributed by atoms with van der Waals surface area (Å²) in [5, 5.41) is 9.69. The molecule has 1 aliphatic rings. The number of hydrogen-bond acceptors (Lipinski definition) is 5. The molecule has 1 fully saturated rings. The third kappa shape index (κ3) is 9.44. The second-order valence-electron chi connectivity index (χ2n) is 9.01. The Morgan fingerprint density at radius 1 is 1.29 bits per heavy atom. The molecule has 8 nitrogen and oxygen atoms in total. The highest BCUT2D eigenvalue weighted by Crippen LogP contribution is 2.18. The minimum atomic E-state index is -0.507. The van der Waals surface area contributed by atoms with Gasteiger partial charge in [-0.3, -0.25) is 4.99 Å². The van der Waals surface area contributed by atoms with E-state index in [9.17, 15) is 4.79 Å². The van der Waals surface area contributed by atoms with E-state index < -0.39 is 11.7 Å². The van der Waals surface area contributed by atoms with Gasteiger partial charge in [-0.2, -0.15) is 0 Å². The summed E-state index contributed by atoms with van der Waals surface area (Å²) >= 11 is 0. The number of pyridine rings is 1. The van der Waals surface area contributed by atoms with Gasteiger partial charge in [-0.25, -0.2) is 9.78 Å². The van der Waals surface area contributed by atoms with Gasteiger partial charge in [-0.05, 0) is 57.7 Å². The molecule has 1 saturated heterocycles. The van der Waals surface area contributed by atoms with Gasteiger partial charge in [0, 0.05) is 45.5 Å². The summed E-state index contributed by atoms with van der Waals surface area (Å²) in [4.78, 5) is 23.2. The number of nitrogens with one attached hydrogen (secondary N) is 3. The molecule has 2 heterocycles. The highest BCUT2D eigenvalue weighted by molar-refractivity contribution is 5.80. The number of aromatic nitrogens is 1. The molecular formula is C23H40N6O2. The van der Waals surface area contributed by atoms with E-state index in [1.54, 1.807) is 7.05 Å². The average molecular weight is 433 g/mol. The molecule has 1 amide bonds. The van der Waals surface area contributed by atoms with Crippen LogP contribution in [0.5, 0.6) is 0 Å². The Kier molecular flexibility index (Phi) is 9.88. The molecular weight excluding hydrogens is 392 g/mol. The lowest BCUT2D eigenvalue weighted by Crippen LogP contribution is -2.48. The fourth-order valence-electron chi connectivity index (χ4n) is 3.46. The number of nitrogens with zero attached hydrogens (tertiary/aromatic N) is 3. The first-order chi connectivity index (χ1) is 14.8. The summed E-state index contributed by atoms with van der Waals surface area (Å²) in [6.07, 6.45) is 7.03. The Morgan fingerprint density at radius 2 is 2.03 bits per heavy atom. The normalized spacial score (nSPS) is 15.5. The second kappa shape index (κ2) is 12.4. The monoisotopic (exact) mass is 432 g/mol. The molecule has 1 aromatic heterocycles. The van der Waals surface area contributed by atoms with E-state index in [-0.39, 0.29) is 6.04 Å². The van der Waals surface area contributed by atoms with Crippen molar-refractivity contribution in [2.24, 2.45) is 4.99 Å². The first-order valence-electron chi connectivity index (χ1n) is 11.4. The molecule has 0 spiro atoms. The summed E-state index contributed by atoms with van der Waals surface area (Å²) in [5.41, 5.74) is 0.656. The minimum absolute atomic E-state index is 0.0660. The topological polar surface area (TPSA) is 90.9 Å². The van der Waals surface area contributed by atoms with E-state index in [0.29, 0.717) is 19.0 Å². The molecule has 0 aromatic carbocycles. The van der Waals surface area contributed by atoms with Crippen molar-refractivity contribution in [3.63, 3.8) is 0 Å². The fraction of sp³-hybridized carbons (Fsp3) is 0.696. The average Bonchev–Trinajstić information content (AvgIpc) is 3.26. The lowest BCUT2D eigenvalue weighted by Gasteiger charge is -2.24. The predicted octanol–water partition coefficient (Wildman–Crippen LogP) is 3.43. The van der Waals surface area contributed by atoms with Crippen LogP contribution in [0.25, 0.3) is 0 Å². The Labute approximate surface area is 187 Å². The first kappa shape index (κ1) is 24.8. The number of aliphatic imine (C=N–C) groups is 1. The quantitative estimate of drug-likeness (QED) is 0.409. The molecule has 0 saturated carbocycles. The van der Waals surface area contributed by atoms with Gasteiger partial charge in [0.1, 0.15) is 11.4 Å². The van der Waals surface area contributed by atoms with Gasteiger partial charge in [-0.15, -0.1) is 0 Å². The maximum Gasteiger partial charge on any atom is 0.407 e. The molecule has 174 valence electrons. The van der Waals surface area contributed by atoms with Crippen molar-refractivity contribution in [1.82, 2.24) is 20.9 Å². The van der Waals surface area contributed by atoms with Gasteiger partial charge in [0.05, 0.1) is 0 Å². The zero-order chi connectivity index (χ0) is 22.7. The molecule has 3 N–H and O–H groups in total. The number of anilines is 1. The minimum Gasteiger partial charge on any atom is -0.444 e. The van der Waals surface area contributed by atoms with Crippen LogP contribution in [-0.2, 0) is 11.3 Å². The lowest BCUT2D eigenvalue weighted by atomic mass is 10.1. The largest absolute Gasteiger partial charge is 0.444 e. The summed E-state index contributed by atoms with van der Waals surface area (Å²) in [6.45, 7) is 11.0. The van der Waals surface area contributed by atoms with Crippen LogP contribution < -0.4 is 20.9 Å². The first-order valence-corrected chi connectivity index (χ1v) is 11.4. The maximum absolute atomic E-state index is 12.0. The summed E-state index contributed by atoms with van der Waals surface area (Å²) in [6, 6.07) is 4.24. The molecule has 2 rings (SSSR count). The van der Waals surface area contributed by atoms with Crippen molar-refractivity contribution in [3.05, 3.63) is 23.9 Å². The smallest absolute Gasteiger partial charge is 0.407 e. The number of guanidine groups is 1. The number of unbranched alkanes of at least 4 members (excludes halogenated alkanes) is 1. The Hall–Kier alpha value is -2.51. The molecule has 0 aliphatic carbocycles. The van der Waals surface area contributed by atoms with Crippen LogP contribution >= 0.6 is 0 Å². The van der Waals surface area contributed by atoms with E-state index in [1.807, 2.05) is 33.0 Å². The van der Waals surface area contributed by atoms with Gasteiger partial charge in [0.2, 0.25) is 0 Å². The van der Waals surface area contributed by atoms with E-state index in [2.05, 4.69) is 43.8 Å². The van der Waals surface area contributed by atoms with Crippen molar-refractivity contribution >= 4 is 17.9 Å². The van der Waals surface area contributed by atoms with Gasteiger partial charge in [-0.1, -0.05) is 19.8 Å². The van der Waals surface area contributed by atoms with E-state index >= 15 is 0 Å². The molecule has 1 aromatic rings. The van der Waals surface area contributed by atoms with Gasteiger partial charge in [0.15, 0.2) is 5.96 Å². The SMILES string of the molecule is CCCCC(CNC(=O)OC(C)(C)C)NC(=NC)NCc1ccnc(N2CCCC2)c1. The van der Waals surface area contributed by atoms with Crippen molar-refractivity contribution in [1.29, 1.82) is 0 Å². The number of carbonyl (C=O) groups excluding carboxylic acids is 1. The second-order valence-corrected chi connectivity index (χ2v) is 9.01. The van der Waals surface area contributed by atoms with Crippen molar-refractivity contribution < 1.29 is 9.53 Å². The lowest BCUT2D eigenvalue weighted by molar-refractivity contribution is 0.0523. The molecule has 1 atom stereocenters. The number of carbonyl (C=O) groups is 1. The zero-order valence-corrected chi connectivity index (χ0v) is 19.8. The predicted molar refractivity (Wildman–Crippen MR) is 127 cm³/mol. The van der Waals surface area contributed by atoms with Crippen molar-refractivity contribution in [2.45, 2.75) is 78.0 Å². The standard InChI is InChI=1S/C23H40N6O2/c1-6-7-10-19(17-27-22(30)31-23(2,3)4)28-21(24-5)26-16-18-11-12-25-20(15-18)29-13-8-9-14-29/h11-12,15,19H,6-10,13-14,16-17H2,1-5H3,(H,27,30)(H2,24,26,28). The van der Waals surface area contributed by atoms with Gasteiger partial charge < -0.3 is 25.6 Å². The van der Waals surface area contributed by atoms with Crippen LogP contribution in [0.3, 0.4) is 0 Å². The van der Waals surface area contributed by atoms with Crippen LogP contribution in [-0.4, -0.2) is 55.4 Å². The number of amides is 1. The molecule has 1 unspecified atom stereocenters. The molecule has 8 heteroatoms. The molecule has 0 bridgehead atoms. The van der Waals surface area contributed by atoms with Crippen molar-refractivity contribution in [2.75, 3.05) is 31.6 Å². The van der Waals surface area contributed by atoms with Crippen LogP contribution in [0.4, 0.5) is 10.6 Å². The van der Waals surface area contributed by atoms with E-state index in [0.717, 1.165) is 43.7 Å². The van der Waals surface area contributed by atoms with Crippen LogP contribution in [0.15, 0.2) is 23.3 Å². The number of ether oxygens (including phenoxy) is 1. The third-order valence-electron chi connectivity index (χ3n) is 5.06. The highest BCUT2D eigenvalue weighted by atomic mass is 16.6. The number of rotatable bonds is 9. The molecule has 0 radical (unpaired) electrons. The molecule has 31 heavy (non-hydrogen) atoms. The Balaban J connectivity index is 1.88. The van der Waals surface area contributed by atoms with E-state index in [1.165, 1.54) is 12.8 Å². The Morgan fingerprint density at radius 3 is 2.68 bits per heavy atom. The maximum atomic E-state index is 12.0. The van der Waals surface area contributed by atoms with Crippen molar-refractivity contribution in [3.8, 4) is 0 Å². The van der Waals surface area contributed by atoms with Gasteiger partial charge >= 0.3 is 6.09 Å². The summed E-state index contributed by atoms with van der Waals surface area (Å²) < 4.78 is 5.35. The summed E-state index contributed by atoms with van der Waals surface area (Å²) in [5.74, 6) is 1.76. The fourth-order valence-corrected chi connectivity index (χ4v) is 3.46. The number of hydrogen-bond donors (Lipinski definition) is 3. The van der Waals surface area contributed by atoms with Crippen LogP contribution in [0, 0.1) is 0 Å². The summed E-state index contributed by atoms with van der Waals surface area (Å²) in [7, 11) is 1.76. The third-order valence-corrected chi connectivity index (χ3v) is 5.06.